The molecule has 16 heavy (non-hydrogen) atoms. The number of rotatable bonds is 5. The van der Waals surface area contributed by atoms with E-state index in [4.69, 9.17) is 5.73 Å². The van der Waals surface area contributed by atoms with Crippen molar-refractivity contribution in [1.82, 2.24) is 0 Å². The molecule has 2 N–H and O–H groups in total. The number of ketones is 1. The van der Waals surface area contributed by atoms with Crippen LogP contribution in [0.5, 0.6) is 0 Å². The molecule has 0 radical (unpaired) electrons. The van der Waals surface area contributed by atoms with E-state index in [1.165, 1.54) is 19.3 Å². The van der Waals surface area contributed by atoms with Gasteiger partial charge in [0.25, 0.3) is 0 Å². The summed E-state index contributed by atoms with van der Waals surface area (Å²) in [5.41, 5.74) is 5.71. The molecule has 2 heteroatoms. The molecule has 0 amide bonds. The fraction of sp³-hybridized carbons (Fsp3) is 0.929. The summed E-state index contributed by atoms with van der Waals surface area (Å²) in [5.74, 6) is 2.08. The minimum absolute atomic E-state index is 0.0863. The Bertz CT molecular complexity index is 217. The maximum Gasteiger partial charge on any atom is 0.140 e. The molecule has 1 unspecified atom stereocenters. The fourth-order valence-electron chi connectivity index (χ4n) is 2.87. The summed E-state index contributed by atoms with van der Waals surface area (Å²) in [6, 6.07) is 0. The van der Waals surface area contributed by atoms with Crippen molar-refractivity contribution in [3.8, 4) is 0 Å². The van der Waals surface area contributed by atoms with Gasteiger partial charge >= 0.3 is 0 Å². The molecule has 1 saturated carbocycles. The van der Waals surface area contributed by atoms with Gasteiger partial charge in [-0.3, -0.25) is 4.79 Å². The van der Waals surface area contributed by atoms with Gasteiger partial charge in [-0.25, -0.2) is 0 Å². The molecule has 0 aromatic rings. The van der Waals surface area contributed by atoms with Gasteiger partial charge < -0.3 is 5.73 Å². The predicted molar refractivity (Wildman–Crippen MR) is 68.1 cm³/mol. The summed E-state index contributed by atoms with van der Waals surface area (Å²) in [5, 5.41) is 0. The molecule has 1 atom stereocenters. The van der Waals surface area contributed by atoms with Crippen LogP contribution in [0.4, 0.5) is 0 Å². The van der Waals surface area contributed by atoms with Gasteiger partial charge in [-0.05, 0) is 37.5 Å². The van der Waals surface area contributed by atoms with Crippen molar-refractivity contribution in [1.29, 1.82) is 0 Å². The molecule has 0 aromatic heterocycles. The van der Waals surface area contributed by atoms with E-state index >= 15 is 0 Å². The van der Waals surface area contributed by atoms with Crippen molar-refractivity contribution in [2.45, 2.75) is 52.9 Å². The van der Waals surface area contributed by atoms with Crippen molar-refractivity contribution in [2.75, 3.05) is 6.54 Å². The van der Waals surface area contributed by atoms with Crippen molar-refractivity contribution in [2.24, 2.45) is 29.4 Å². The van der Waals surface area contributed by atoms with Crippen molar-refractivity contribution in [3.05, 3.63) is 0 Å². The summed E-state index contributed by atoms with van der Waals surface area (Å²) in [6.07, 6.45) is 5.94. The number of nitrogens with two attached hydrogens (primary N) is 1. The van der Waals surface area contributed by atoms with E-state index in [0.29, 0.717) is 24.2 Å². The zero-order chi connectivity index (χ0) is 12.1. The first-order valence-electron chi connectivity index (χ1n) is 6.83. The van der Waals surface area contributed by atoms with Crippen LogP contribution in [-0.2, 0) is 4.79 Å². The lowest BCUT2D eigenvalue weighted by Gasteiger charge is -2.30. The number of hydrogen-bond donors (Lipinski definition) is 1. The highest BCUT2D eigenvalue weighted by Gasteiger charge is 2.31. The lowest BCUT2D eigenvalue weighted by molar-refractivity contribution is -0.129. The molecule has 0 bridgehead atoms. The molecular weight excluding hydrogens is 198 g/mol. The second-order valence-electron chi connectivity index (χ2n) is 5.61. The topological polar surface area (TPSA) is 43.1 Å². The van der Waals surface area contributed by atoms with Crippen LogP contribution in [0.2, 0.25) is 0 Å². The maximum absolute atomic E-state index is 12.3. The second kappa shape index (κ2) is 6.39. The number of carbonyl (C=O) groups is 1. The van der Waals surface area contributed by atoms with Gasteiger partial charge in [0.15, 0.2) is 0 Å². The van der Waals surface area contributed by atoms with Crippen LogP contribution in [0.3, 0.4) is 0 Å². The minimum Gasteiger partial charge on any atom is -0.330 e. The Labute approximate surface area is 100.0 Å². The first-order valence-corrected chi connectivity index (χ1v) is 6.83. The Balaban J connectivity index is 2.49. The lowest BCUT2D eigenvalue weighted by Crippen LogP contribution is -2.34. The molecule has 1 aliphatic rings. The molecule has 94 valence electrons. The van der Waals surface area contributed by atoms with E-state index in [-0.39, 0.29) is 5.92 Å². The highest BCUT2D eigenvalue weighted by atomic mass is 16.1. The Morgan fingerprint density at radius 1 is 1.25 bits per heavy atom. The third-order valence-corrected chi connectivity index (χ3v) is 4.25. The van der Waals surface area contributed by atoms with Crippen LogP contribution in [0, 0.1) is 23.7 Å². The molecule has 0 heterocycles. The van der Waals surface area contributed by atoms with Crippen LogP contribution in [0.25, 0.3) is 0 Å². The Morgan fingerprint density at radius 2 is 1.81 bits per heavy atom. The third kappa shape index (κ3) is 3.31. The molecular formula is C14H27NO. The van der Waals surface area contributed by atoms with Gasteiger partial charge in [0, 0.05) is 18.4 Å². The summed E-state index contributed by atoms with van der Waals surface area (Å²) in [6.45, 7) is 6.98. The van der Waals surface area contributed by atoms with Gasteiger partial charge in [-0.15, -0.1) is 0 Å². The maximum atomic E-state index is 12.3. The molecule has 1 aliphatic carbocycles. The lowest BCUT2D eigenvalue weighted by atomic mass is 9.74. The van der Waals surface area contributed by atoms with Crippen LogP contribution in [0.15, 0.2) is 0 Å². The molecule has 0 spiro atoms. The standard InChI is InChI=1S/C14H27NO/c1-4-11-5-7-12(8-6-11)14(16)13(9-15)10(2)3/h10-13H,4-9,15H2,1-3H3. The highest BCUT2D eigenvalue weighted by molar-refractivity contribution is 5.83. The summed E-state index contributed by atoms with van der Waals surface area (Å²) >= 11 is 0. The molecule has 0 saturated heterocycles. The molecule has 1 fully saturated rings. The zero-order valence-corrected chi connectivity index (χ0v) is 11.0. The Hall–Kier alpha value is -0.370. The quantitative estimate of drug-likeness (QED) is 0.781. The van der Waals surface area contributed by atoms with Crippen molar-refractivity contribution >= 4 is 5.78 Å². The average Bonchev–Trinajstić information content (AvgIpc) is 2.29. The van der Waals surface area contributed by atoms with E-state index in [2.05, 4.69) is 20.8 Å². The van der Waals surface area contributed by atoms with Crippen molar-refractivity contribution < 1.29 is 4.79 Å². The van der Waals surface area contributed by atoms with Gasteiger partial charge in [-0.2, -0.15) is 0 Å². The van der Waals surface area contributed by atoms with E-state index in [1.807, 2.05) is 0 Å². The Kier molecular flexibility index (Phi) is 5.47. The minimum atomic E-state index is 0.0863. The number of hydrogen-bond acceptors (Lipinski definition) is 2. The van der Waals surface area contributed by atoms with E-state index < -0.39 is 0 Å². The molecule has 0 aromatic carbocycles. The average molecular weight is 225 g/mol. The van der Waals surface area contributed by atoms with E-state index in [1.54, 1.807) is 0 Å². The van der Waals surface area contributed by atoms with Gasteiger partial charge in [0.1, 0.15) is 5.78 Å². The largest absolute Gasteiger partial charge is 0.330 e. The normalized spacial score (nSPS) is 28.1. The summed E-state index contributed by atoms with van der Waals surface area (Å²) in [7, 11) is 0. The zero-order valence-electron chi connectivity index (χ0n) is 11.0. The second-order valence-corrected chi connectivity index (χ2v) is 5.61. The number of carbonyl (C=O) groups excluding carboxylic acids is 1. The van der Waals surface area contributed by atoms with Gasteiger partial charge in [-0.1, -0.05) is 27.2 Å². The SMILES string of the molecule is CCC1CCC(C(=O)C(CN)C(C)C)CC1. The van der Waals surface area contributed by atoms with Gasteiger partial charge in [0.05, 0.1) is 0 Å². The molecule has 2 nitrogen and oxygen atoms in total. The monoisotopic (exact) mass is 225 g/mol. The predicted octanol–water partition coefficient (Wildman–Crippen LogP) is 3.00. The number of Topliss-reactive ketones (excluding diaryl/α,β-unsaturated/α-hetero) is 1. The highest BCUT2D eigenvalue weighted by Crippen LogP contribution is 2.33. The van der Waals surface area contributed by atoms with Gasteiger partial charge in [0.2, 0.25) is 0 Å². The van der Waals surface area contributed by atoms with E-state index in [9.17, 15) is 4.79 Å². The summed E-state index contributed by atoms with van der Waals surface area (Å²) < 4.78 is 0. The smallest absolute Gasteiger partial charge is 0.140 e. The first kappa shape index (κ1) is 13.7. The third-order valence-electron chi connectivity index (χ3n) is 4.25. The van der Waals surface area contributed by atoms with Crippen LogP contribution in [-0.4, -0.2) is 12.3 Å². The first-order chi connectivity index (χ1) is 7.60. The Morgan fingerprint density at radius 3 is 2.19 bits per heavy atom. The summed E-state index contributed by atoms with van der Waals surface area (Å²) in [4.78, 5) is 12.3. The fourth-order valence-corrected chi connectivity index (χ4v) is 2.87. The van der Waals surface area contributed by atoms with Crippen molar-refractivity contribution in [3.63, 3.8) is 0 Å². The van der Waals surface area contributed by atoms with Crippen LogP contribution >= 0.6 is 0 Å². The van der Waals surface area contributed by atoms with E-state index in [0.717, 1.165) is 18.8 Å². The van der Waals surface area contributed by atoms with Crippen LogP contribution in [0.1, 0.15) is 52.9 Å². The molecule has 1 rings (SSSR count). The van der Waals surface area contributed by atoms with Crippen LogP contribution < -0.4 is 5.73 Å². The molecule has 0 aliphatic heterocycles.